The zero-order valence-corrected chi connectivity index (χ0v) is 12.9. The number of aromatic nitrogens is 2. The Bertz CT molecular complexity index is 364. The second-order valence-electron chi connectivity index (χ2n) is 4.99. The number of anilines is 1. The third-order valence-electron chi connectivity index (χ3n) is 3.24. The van der Waals surface area contributed by atoms with Crippen LogP contribution in [-0.2, 0) is 11.3 Å². The summed E-state index contributed by atoms with van der Waals surface area (Å²) in [4.78, 5) is 6.77. The lowest BCUT2D eigenvalue weighted by atomic mass is 10.3. The van der Waals surface area contributed by atoms with Crippen molar-refractivity contribution in [1.29, 1.82) is 0 Å². The highest BCUT2D eigenvalue weighted by Crippen LogP contribution is 2.09. The number of hydrogen-bond acceptors (Lipinski definition) is 4. The lowest BCUT2D eigenvalue weighted by Crippen LogP contribution is -2.35. The second-order valence-corrected chi connectivity index (χ2v) is 4.99. The third-order valence-corrected chi connectivity index (χ3v) is 3.24. The molecule has 0 aliphatic carbocycles. The predicted octanol–water partition coefficient (Wildman–Crippen LogP) is 1.98. The van der Waals surface area contributed by atoms with Gasteiger partial charge in [-0.05, 0) is 26.9 Å². The van der Waals surface area contributed by atoms with E-state index in [4.69, 9.17) is 4.74 Å². The first-order chi connectivity index (χ1) is 9.10. The van der Waals surface area contributed by atoms with E-state index in [1.807, 2.05) is 6.92 Å². The molecule has 0 fully saturated rings. The van der Waals surface area contributed by atoms with Crippen LogP contribution in [0.15, 0.2) is 6.20 Å². The molecule has 0 radical (unpaired) electrons. The van der Waals surface area contributed by atoms with Gasteiger partial charge in [0, 0.05) is 32.9 Å². The highest BCUT2D eigenvalue weighted by atomic mass is 16.5. The highest BCUT2D eigenvalue weighted by molar-refractivity contribution is 5.28. The molecule has 1 atom stereocenters. The van der Waals surface area contributed by atoms with Gasteiger partial charge in [0.2, 0.25) is 5.95 Å². The highest BCUT2D eigenvalue weighted by Gasteiger charge is 2.11. The van der Waals surface area contributed by atoms with Crippen molar-refractivity contribution in [3.63, 3.8) is 0 Å². The molecule has 5 nitrogen and oxygen atoms in total. The molecule has 0 aliphatic rings. The van der Waals surface area contributed by atoms with E-state index in [0.717, 1.165) is 44.2 Å². The van der Waals surface area contributed by atoms with Crippen LogP contribution in [0, 0.1) is 6.92 Å². The number of methoxy groups -OCH3 is 1. The van der Waals surface area contributed by atoms with Crippen LogP contribution >= 0.6 is 0 Å². The van der Waals surface area contributed by atoms with Crippen LogP contribution in [0.4, 0.5) is 5.95 Å². The molecule has 0 saturated carbocycles. The molecule has 1 aromatic heterocycles. The van der Waals surface area contributed by atoms with Crippen LogP contribution in [0.5, 0.6) is 0 Å². The minimum atomic E-state index is 0.178. The van der Waals surface area contributed by atoms with Crippen LogP contribution in [-0.4, -0.2) is 54.3 Å². The summed E-state index contributed by atoms with van der Waals surface area (Å²) < 4.78 is 7.68. The smallest absolute Gasteiger partial charge is 0.203 e. The van der Waals surface area contributed by atoms with E-state index < -0.39 is 0 Å². The summed E-state index contributed by atoms with van der Waals surface area (Å²) in [5.74, 6) is 0.945. The van der Waals surface area contributed by atoms with Crippen molar-refractivity contribution in [2.24, 2.45) is 0 Å². The summed E-state index contributed by atoms with van der Waals surface area (Å²) in [7, 11) is 3.87. The summed E-state index contributed by atoms with van der Waals surface area (Å²) in [5, 5.41) is 3.40. The SMILES string of the molecule is CCCn1cc(C)nc1NCC(CN(C)CC)OC. The van der Waals surface area contributed by atoms with Crippen molar-refractivity contribution in [1.82, 2.24) is 14.5 Å². The van der Waals surface area contributed by atoms with Crippen LogP contribution < -0.4 is 5.32 Å². The fourth-order valence-corrected chi connectivity index (χ4v) is 2.00. The Kier molecular flexibility index (Phi) is 6.87. The summed E-state index contributed by atoms with van der Waals surface area (Å²) in [6.45, 7) is 10.1. The van der Waals surface area contributed by atoms with Gasteiger partial charge in [-0.1, -0.05) is 13.8 Å². The Morgan fingerprint density at radius 2 is 2.21 bits per heavy atom. The van der Waals surface area contributed by atoms with E-state index in [0.29, 0.717) is 0 Å². The molecule has 1 unspecified atom stereocenters. The Morgan fingerprint density at radius 1 is 1.47 bits per heavy atom. The van der Waals surface area contributed by atoms with Gasteiger partial charge in [-0.3, -0.25) is 0 Å². The lowest BCUT2D eigenvalue weighted by Gasteiger charge is -2.22. The van der Waals surface area contributed by atoms with E-state index >= 15 is 0 Å². The molecule has 5 heteroatoms. The Labute approximate surface area is 117 Å². The van der Waals surface area contributed by atoms with Crippen LogP contribution in [0.1, 0.15) is 26.0 Å². The average molecular weight is 268 g/mol. The molecule has 0 aromatic carbocycles. The zero-order valence-electron chi connectivity index (χ0n) is 12.9. The van der Waals surface area contributed by atoms with Gasteiger partial charge in [0.05, 0.1) is 11.8 Å². The summed E-state index contributed by atoms with van der Waals surface area (Å²) in [5.41, 5.74) is 1.05. The minimum absolute atomic E-state index is 0.178. The van der Waals surface area contributed by atoms with Crippen LogP contribution in [0.25, 0.3) is 0 Å². The number of aryl methyl sites for hydroxylation is 2. The molecule has 0 spiro atoms. The molecule has 1 rings (SSSR count). The molecule has 0 bridgehead atoms. The molecule has 0 aliphatic heterocycles. The van der Waals surface area contributed by atoms with E-state index in [1.165, 1.54) is 0 Å². The molecule has 1 N–H and O–H groups in total. The van der Waals surface area contributed by atoms with Crippen molar-refractivity contribution >= 4 is 5.95 Å². The second kappa shape index (κ2) is 8.17. The molecule has 1 heterocycles. The monoisotopic (exact) mass is 268 g/mol. The van der Waals surface area contributed by atoms with Crippen LogP contribution in [0.2, 0.25) is 0 Å². The summed E-state index contributed by atoms with van der Waals surface area (Å²) in [6.07, 6.45) is 3.37. The molecular weight excluding hydrogens is 240 g/mol. The molecule has 110 valence electrons. The van der Waals surface area contributed by atoms with Gasteiger partial charge in [0.25, 0.3) is 0 Å². The maximum atomic E-state index is 5.51. The van der Waals surface area contributed by atoms with E-state index in [9.17, 15) is 0 Å². The third kappa shape index (κ3) is 5.20. The summed E-state index contributed by atoms with van der Waals surface area (Å²) >= 11 is 0. The molecule has 19 heavy (non-hydrogen) atoms. The summed E-state index contributed by atoms with van der Waals surface area (Å²) in [6, 6.07) is 0. The lowest BCUT2D eigenvalue weighted by molar-refractivity contribution is 0.0826. The molecule has 1 aromatic rings. The maximum absolute atomic E-state index is 5.51. The Balaban J connectivity index is 2.54. The first-order valence-corrected chi connectivity index (χ1v) is 7.09. The number of hydrogen-bond donors (Lipinski definition) is 1. The van der Waals surface area contributed by atoms with Gasteiger partial charge in [-0.25, -0.2) is 4.98 Å². The number of rotatable bonds is 9. The Morgan fingerprint density at radius 3 is 2.79 bits per heavy atom. The molecule has 0 amide bonds. The van der Waals surface area contributed by atoms with Crippen molar-refractivity contribution in [2.45, 2.75) is 39.8 Å². The van der Waals surface area contributed by atoms with E-state index in [-0.39, 0.29) is 6.10 Å². The number of likely N-dealkylation sites (N-methyl/N-ethyl adjacent to an activating group) is 1. The predicted molar refractivity (Wildman–Crippen MR) is 79.7 cm³/mol. The quantitative estimate of drug-likeness (QED) is 0.743. The van der Waals surface area contributed by atoms with Gasteiger partial charge < -0.3 is 19.5 Å². The number of nitrogens with one attached hydrogen (secondary N) is 1. The number of nitrogens with zero attached hydrogens (tertiary/aromatic N) is 3. The minimum Gasteiger partial charge on any atom is -0.378 e. The first kappa shape index (κ1) is 16.0. The van der Waals surface area contributed by atoms with Gasteiger partial charge >= 0.3 is 0 Å². The van der Waals surface area contributed by atoms with E-state index in [1.54, 1.807) is 7.11 Å². The molecular formula is C14H28N4O. The van der Waals surface area contributed by atoms with Gasteiger partial charge in [0.1, 0.15) is 0 Å². The van der Waals surface area contributed by atoms with Crippen molar-refractivity contribution < 1.29 is 4.74 Å². The topological polar surface area (TPSA) is 42.3 Å². The number of imidazole rings is 1. The normalized spacial score (nSPS) is 12.9. The van der Waals surface area contributed by atoms with Crippen molar-refractivity contribution in [2.75, 3.05) is 39.1 Å². The van der Waals surface area contributed by atoms with Crippen LogP contribution in [0.3, 0.4) is 0 Å². The van der Waals surface area contributed by atoms with Crippen molar-refractivity contribution in [3.05, 3.63) is 11.9 Å². The largest absolute Gasteiger partial charge is 0.378 e. The van der Waals surface area contributed by atoms with Gasteiger partial charge in [0.15, 0.2) is 0 Å². The molecule has 0 saturated heterocycles. The zero-order chi connectivity index (χ0) is 14.3. The fourth-order valence-electron chi connectivity index (χ4n) is 2.00. The van der Waals surface area contributed by atoms with Gasteiger partial charge in [-0.15, -0.1) is 0 Å². The standard InChI is InChI=1S/C14H28N4O/c1-6-8-18-10-12(3)16-14(18)15-9-13(19-5)11-17(4)7-2/h10,13H,6-9,11H2,1-5H3,(H,15,16). The Hall–Kier alpha value is -1.07. The van der Waals surface area contributed by atoms with Gasteiger partial charge in [-0.2, -0.15) is 0 Å². The van der Waals surface area contributed by atoms with Crippen molar-refractivity contribution in [3.8, 4) is 0 Å². The number of ether oxygens (including phenoxy) is 1. The average Bonchev–Trinajstić information content (AvgIpc) is 2.74. The fraction of sp³-hybridized carbons (Fsp3) is 0.786. The van der Waals surface area contributed by atoms with E-state index in [2.05, 4.69) is 46.9 Å². The maximum Gasteiger partial charge on any atom is 0.203 e. The first-order valence-electron chi connectivity index (χ1n) is 7.09.